The average molecular weight is 433 g/mol. The SMILES string of the molecule is Cc1nc2ccc(S(=O)(=O)NCCn3nc(-c4cccs4)ccc3=O)cc2s1. The number of hydrogen-bond donors (Lipinski definition) is 1. The molecule has 144 valence electrons. The summed E-state index contributed by atoms with van der Waals surface area (Å²) in [5.74, 6) is 0. The summed E-state index contributed by atoms with van der Waals surface area (Å²) < 4.78 is 29.8. The Bertz CT molecular complexity index is 1290. The lowest BCUT2D eigenvalue weighted by Crippen LogP contribution is -2.32. The van der Waals surface area contributed by atoms with Gasteiger partial charge in [-0.2, -0.15) is 5.10 Å². The summed E-state index contributed by atoms with van der Waals surface area (Å²) in [5.41, 5.74) is 1.19. The van der Waals surface area contributed by atoms with Gasteiger partial charge in [-0.15, -0.1) is 22.7 Å². The van der Waals surface area contributed by atoms with E-state index in [2.05, 4.69) is 14.8 Å². The predicted molar refractivity (Wildman–Crippen MR) is 111 cm³/mol. The first kappa shape index (κ1) is 18.9. The van der Waals surface area contributed by atoms with E-state index in [1.165, 1.54) is 39.5 Å². The third kappa shape index (κ3) is 3.90. The second-order valence-corrected chi connectivity index (χ2v) is 9.97. The van der Waals surface area contributed by atoms with Crippen LogP contribution in [-0.4, -0.2) is 29.7 Å². The van der Waals surface area contributed by atoms with Gasteiger partial charge in [-0.1, -0.05) is 6.07 Å². The molecule has 0 bridgehead atoms. The molecule has 28 heavy (non-hydrogen) atoms. The quantitative estimate of drug-likeness (QED) is 0.506. The maximum atomic E-state index is 12.6. The highest BCUT2D eigenvalue weighted by atomic mass is 32.2. The second kappa shape index (κ2) is 7.55. The molecular weight excluding hydrogens is 416 g/mol. The number of aryl methyl sites for hydroxylation is 1. The first-order valence-electron chi connectivity index (χ1n) is 8.41. The van der Waals surface area contributed by atoms with E-state index in [1.54, 1.807) is 18.2 Å². The normalized spacial score (nSPS) is 11.9. The Balaban J connectivity index is 1.49. The number of hydrogen-bond acceptors (Lipinski definition) is 7. The minimum Gasteiger partial charge on any atom is -0.268 e. The zero-order chi connectivity index (χ0) is 19.7. The van der Waals surface area contributed by atoms with Gasteiger partial charge in [0.2, 0.25) is 10.0 Å². The number of nitrogens with zero attached hydrogens (tertiary/aromatic N) is 3. The molecule has 0 fully saturated rings. The van der Waals surface area contributed by atoms with Crippen LogP contribution in [0.4, 0.5) is 0 Å². The molecule has 0 atom stereocenters. The smallest absolute Gasteiger partial charge is 0.266 e. The number of rotatable bonds is 6. The standard InChI is InChI=1S/C18H16N4O3S3/c1-12-20-14-5-4-13(11-17(14)27-12)28(24,25)19-8-9-22-18(23)7-6-15(21-22)16-3-2-10-26-16/h2-7,10-11,19H,8-9H2,1H3. The first-order chi connectivity index (χ1) is 13.4. The van der Waals surface area contributed by atoms with Crippen LogP contribution in [-0.2, 0) is 16.6 Å². The molecule has 7 nitrogen and oxygen atoms in total. The number of aromatic nitrogens is 3. The Morgan fingerprint density at radius 3 is 2.82 bits per heavy atom. The fourth-order valence-corrected chi connectivity index (χ4v) is 5.40. The number of nitrogens with one attached hydrogen (secondary N) is 1. The van der Waals surface area contributed by atoms with E-state index >= 15 is 0 Å². The summed E-state index contributed by atoms with van der Waals surface area (Å²) in [6.45, 7) is 2.08. The Labute approximate surface area is 169 Å². The van der Waals surface area contributed by atoms with Gasteiger partial charge in [0.25, 0.3) is 5.56 Å². The molecule has 10 heteroatoms. The average Bonchev–Trinajstić information content (AvgIpc) is 3.31. The highest BCUT2D eigenvalue weighted by Gasteiger charge is 2.15. The largest absolute Gasteiger partial charge is 0.268 e. The van der Waals surface area contributed by atoms with Crippen LogP contribution in [0.15, 0.2) is 57.5 Å². The zero-order valence-corrected chi connectivity index (χ0v) is 17.3. The molecule has 0 unspecified atom stereocenters. The molecular formula is C18H16N4O3S3. The molecule has 0 aliphatic rings. The van der Waals surface area contributed by atoms with Crippen LogP contribution in [0.5, 0.6) is 0 Å². The minimum atomic E-state index is -3.69. The summed E-state index contributed by atoms with van der Waals surface area (Å²) in [7, 11) is -3.69. The lowest BCUT2D eigenvalue weighted by molar-refractivity contribution is 0.549. The van der Waals surface area contributed by atoms with Gasteiger partial charge in [-0.25, -0.2) is 22.8 Å². The Kier molecular flexibility index (Phi) is 5.11. The van der Waals surface area contributed by atoms with E-state index in [0.29, 0.717) is 5.69 Å². The lowest BCUT2D eigenvalue weighted by Gasteiger charge is -2.09. The summed E-state index contributed by atoms with van der Waals surface area (Å²) in [6, 6.07) is 11.8. The van der Waals surface area contributed by atoms with Gasteiger partial charge in [-0.05, 0) is 42.6 Å². The molecule has 0 radical (unpaired) electrons. The van der Waals surface area contributed by atoms with Crippen LogP contribution in [0.2, 0.25) is 0 Å². The molecule has 4 aromatic rings. The van der Waals surface area contributed by atoms with Crippen LogP contribution < -0.4 is 10.3 Å². The molecule has 0 aliphatic heterocycles. The summed E-state index contributed by atoms with van der Waals surface area (Å²) in [5, 5.41) is 7.14. The van der Waals surface area contributed by atoms with Crippen molar-refractivity contribution >= 4 is 42.9 Å². The van der Waals surface area contributed by atoms with E-state index in [-0.39, 0.29) is 23.5 Å². The van der Waals surface area contributed by atoms with Crippen molar-refractivity contribution in [2.45, 2.75) is 18.4 Å². The van der Waals surface area contributed by atoms with Crippen LogP contribution in [0.3, 0.4) is 0 Å². The number of thiophene rings is 1. The van der Waals surface area contributed by atoms with E-state index < -0.39 is 10.0 Å². The van der Waals surface area contributed by atoms with Crippen molar-refractivity contribution < 1.29 is 8.42 Å². The fourth-order valence-electron chi connectivity index (χ4n) is 2.72. The van der Waals surface area contributed by atoms with Gasteiger partial charge in [0.1, 0.15) is 5.69 Å². The third-order valence-corrected chi connectivity index (χ3v) is 7.32. The molecule has 0 amide bonds. The zero-order valence-electron chi connectivity index (χ0n) is 14.8. The van der Waals surface area contributed by atoms with Crippen molar-refractivity contribution in [1.29, 1.82) is 0 Å². The van der Waals surface area contributed by atoms with Crippen molar-refractivity contribution in [2.75, 3.05) is 6.54 Å². The van der Waals surface area contributed by atoms with Gasteiger partial charge >= 0.3 is 0 Å². The van der Waals surface area contributed by atoms with Gasteiger partial charge in [-0.3, -0.25) is 4.79 Å². The molecule has 1 N–H and O–H groups in total. The van der Waals surface area contributed by atoms with Crippen molar-refractivity contribution in [3.8, 4) is 10.6 Å². The van der Waals surface area contributed by atoms with E-state index in [4.69, 9.17) is 0 Å². The minimum absolute atomic E-state index is 0.0584. The Hall–Kier alpha value is -2.40. The first-order valence-corrected chi connectivity index (χ1v) is 11.6. The molecule has 1 aromatic carbocycles. The van der Waals surface area contributed by atoms with E-state index in [1.807, 2.05) is 24.4 Å². The van der Waals surface area contributed by atoms with Crippen molar-refractivity contribution in [2.24, 2.45) is 0 Å². The van der Waals surface area contributed by atoms with Crippen molar-refractivity contribution in [1.82, 2.24) is 19.5 Å². The highest BCUT2D eigenvalue weighted by Crippen LogP contribution is 2.24. The predicted octanol–water partition coefficient (Wildman–Crippen LogP) is 2.87. The number of benzene rings is 1. The lowest BCUT2D eigenvalue weighted by atomic mass is 10.3. The maximum absolute atomic E-state index is 12.6. The van der Waals surface area contributed by atoms with Gasteiger partial charge < -0.3 is 0 Å². The van der Waals surface area contributed by atoms with Crippen LogP contribution in [0.25, 0.3) is 20.8 Å². The number of fused-ring (bicyclic) bond motifs is 1. The molecule has 3 aromatic heterocycles. The number of thiazole rings is 1. The fraction of sp³-hybridized carbons (Fsp3) is 0.167. The summed E-state index contributed by atoms with van der Waals surface area (Å²) >= 11 is 2.97. The van der Waals surface area contributed by atoms with Gasteiger partial charge in [0.15, 0.2) is 0 Å². The van der Waals surface area contributed by atoms with Gasteiger partial charge in [0, 0.05) is 12.6 Å². The summed E-state index contributed by atoms with van der Waals surface area (Å²) in [4.78, 5) is 17.5. The third-order valence-electron chi connectivity index (χ3n) is 4.03. The highest BCUT2D eigenvalue weighted by molar-refractivity contribution is 7.89. The van der Waals surface area contributed by atoms with Crippen molar-refractivity contribution in [3.05, 3.63) is 63.2 Å². The summed E-state index contributed by atoms with van der Waals surface area (Å²) in [6.07, 6.45) is 0. The second-order valence-electron chi connectivity index (χ2n) is 6.02. The molecule has 0 aliphatic carbocycles. The molecule has 4 rings (SSSR count). The van der Waals surface area contributed by atoms with E-state index in [0.717, 1.165) is 20.1 Å². The van der Waals surface area contributed by atoms with Crippen LogP contribution in [0.1, 0.15) is 5.01 Å². The molecule has 3 heterocycles. The van der Waals surface area contributed by atoms with Gasteiger partial charge in [0.05, 0.1) is 31.5 Å². The molecule has 0 saturated carbocycles. The maximum Gasteiger partial charge on any atom is 0.266 e. The monoisotopic (exact) mass is 432 g/mol. The van der Waals surface area contributed by atoms with E-state index in [9.17, 15) is 13.2 Å². The van der Waals surface area contributed by atoms with Crippen LogP contribution >= 0.6 is 22.7 Å². The topological polar surface area (TPSA) is 93.9 Å². The molecule has 0 spiro atoms. The Morgan fingerprint density at radius 2 is 2.04 bits per heavy atom. The van der Waals surface area contributed by atoms with Crippen LogP contribution in [0, 0.1) is 6.92 Å². The molecule has 0 saturated heterocycles. The Morgan fingerprint density at radius 1 is 1.18 bits per heavy atom. The number of sulfonamides is 1. The van der Waals surface area contributed by atoms with Crippen molar-refractivity contribution in [3.63, 3.8) is 0 Å².